The topological polar surface area (TPSA) is 26.8 Å². The fourth-order valence-corrected chi connectivity index (χ4v) is 4.21. The molecule has 0 spiro atoms. The maximum Gasteiger partial charge on any atom is 0.234 e. The maximum absolute atomic E-state index is 13.3. The Balaban J connectivity index is 1.40. The van der Waals surface area contributed by atoms with Crippen molar-refractivity contribution >= 4 is 5.91 Å². The molecule has 142 valence electrons. The molecule has 2 aliphatic rings. The molecule has 2 aliphatic heterocycles. The number of hydrogen-bond acceptors (Lipinski definition) is 3. The van der Waals surface area contributed by atoms with Gasteiger partial charge >= 0.3 is 0 Å². The minimum Gasteiger partial charge on any atom is -0.341 e. The predicted octanol–water partition coefficient (Wildman–Crippen LogP) is 2.52. The van der Waals surface area contributed by atoms with Gasteiger partial charge in [0.15, 0.2) is 0 Å². The molecule has 2 fully saturated rings. The number of rotatable bonds is 5. The van der Waals surface area contributed by atoms with Gasteiger partial charge in [-0.3, -0.25) is 4.79 Å². The second-order valence-electron chi connectivity index (χ2n) is 7.97. The second-order valence-corrected chi connectivity index (χ2v) is 7.97. The summed E-state index contributed by atoms with van der Waals surface area (Å²) in [6.07, 6.45) is 0. The summed E-state index contributed by atoms with van der Waals surface area (Å²) in [5.74, 6) is 0.656. The first-order chi connectivity index (χ1) is 13.2. The molecule has 0 aromatic heterocycles. The molecule has 27 heavy (non-hydrogen) atoms. The number of carbonyl (C=O) groups excluding carboxylic acids is 1. The number of nitrogens with zero attached hydrogens (tertiary/aromatic N) is 3. The van der Waals surface area contributed by atoms with E-state index in [4.69, 9.17) is 0 Å². The lowest BCUT2D eigenvalue weighted by atomic mass is 9.87. The summed E-state index contributed by atoms with van der Waals surface area (Å²) in [6, 6.07) is 20.4. The van der Waals surface area contributed by atoms with Crippen LogP contribution in [0.3, 0.4) is 0 Å². The Hall–Kier alpha value is -2.17. The lowest BCUT2D eigenvalue weighted by Gasteiger charge is -2.44. The van der Waals surface area contributed by atoms with Gasteiger partial charge < -0.3 is 14.7 Å². The predicted molar refractivity (Wildman–Crippen MR) is 109 cm³/mol. The first-order valence-electron chi connectivity index (χ1n) is 10.0. The van der Waals surface area contributed by atoms with E-state index in [1.807, 2.05) is 41.3 Å². The molecule has 1 amide bonds. The van der Waals surface area contributed by atoms with E-state index in [1.54, 1.807) is 0 Å². The highest BCUT2D eigenvalue weighted by molar-refractivity contribution is 5.87. The van der Waals surface area contributed by atoms with Crippen LogP contribution in [0, 0.1) is 5.92 Å². The third-order valence-electron chi connectivity index (χ3n) is 5.89. The zero-order valence-corrected chi connectivity index (χ0v) is 16.1. The van der Waals surface area contributed by atoms with Crippen molar-refractivity contribution in [1.29, 1.82) is 0 Å². The molecular weight excluding hydrogens is 334 g/mol. The minimum absolute atomic E-state index is 0.197. The Morgan fingerprint density at radius 1 is 0.889 bits per heavy atom. The summed E-state index contributed by atoms with van der Waals surface area (Å²) < 4.78 is 0. The molecule has 0 radical (unpaired) electrons. The van der Waals surface area contributed by atoms with Crippen molar-refractivity contribution < 1.29 is 4.79 Å². The van der Waals surface area contributed by atoms with Crippen molar-refractivity contribution in [2.45, 2.75) is 5.92 Å². The van der Waals surface area contributed by atoms with Crippen LogP contribution in [0.1, 0.15) is 17.0 Å². The number of amides is 1. The highest BCUT2D eigenvalue weighted by atomic mass is 16.2. The average Bonchev–Trinajstić information content (AvgIpc) is 2.67. The van der Waals surface area contributed by atoms with E-state index in [2.05, 4.69) is 41.1 Å². The fraction of sp³-hybridized carbons (Fsp3) is 0.435. The number of likely N-dealkylation sites (N-methyl/N-ethyl adjacent to an activating group) is 1. The Morgan fingerprint density at radius 3 is 1.93 bits per heavy atom. The molecule has 0 atom stereocenters. The molecule has 0 unspecified atom stereocenters. The molecule has 2 saturated heterocycles. The SMILES string of the molecule is CN1CCN(CC2CN(C(=O)C(c3ccccc3)c3ccccc3)C2)CC1. The van der Waals surface area contributed by atoms with Crippen molar-refractivity contribution in [3.63, 3.8) is 0 Å². The average molecular weight is 364 g/mol. The Kier molecular flexibility index (Phi) is 5.55. The molecule has 2 heterocycles. The summed E-state index contributed by atoms with van der Waals surface area (Å²) >= 11 is 0. The van der Waals surface area contributed by atoms with Crippen LogP contribution in [0.2, 0.25) is 0 Å². The van der Waals surface area contributed by atoms with Gasteiger partial charge in [-0.25, -0.2) is 0 Å². The largest absolute Gasteiger partial charge is 0.341 e. The van der Waals surface area contributed by atoms with Crippen LogP contribution < -0.4 is 0 Å². The minimum atomic E-state index is -0.197. The Morgan fingerprint density at radius 2 is 1.41 bits per heavy atom. The van der Waals surface area contributed by atoms with Crippen LogP contribution in [0.15, 0.2) is 60.7 Å². The molecule has 0 bridgehead atoms. The van der Waals surface area contributed by atoms with Gasteiger partial charge in [-0.2, -0.15) is 0 Å². The number of hydrogen-bond donors (Lipinski definition) is 0. The van der Waals surface area contributed by atoms with E-state index in [9.17, 15) is 4.79 Å². The molecule has 2 aromatic rings. The molecule has 0 aliphatic carbocycles. The van der Waals surface area contributed by atoms with E-state index in [-0.39, 0.29) is 11.8 Å². The number of benzene rings is 2. The van der Waals surface area contributed by atoms with Gasteiger partial charge in [-0.1, -0.05) is 60.7 Å². The van der Waals surface area contributed by atoms with Gasteiger partial charge in [-0.05, 0) is 18.2 Å². The zero-order chi connectivity index (χ0) is 18.6. The number of carbonyl (C=O) groups is 1. The summed E-state index contributed by atoms with van der Waals surface area (Å²) in [5.41, 5.74) is 2.16. The molecule has 0 saturated carbocycles. The third-order valence-corrected chi connectivity index (χ3v) is 5.89. The smallest absolute Gasteiger partial charge is 0.234 e. The van der Waals surface area contributed by atoms with Gasteiger partial charge in [0.1, 0.15) is 0 Å². The van der Waals surface area contributed by atoms with E-state index < -0.39 is 0 Å². The zero-order valence-electron chi connectivity index (χ0n) is 16.1. The normalized spacial score (nSPS) is 19.3. The summed E-state index contributed by atoms with van der Waals surface area (Å²) in [7, 11) is 2.19. The standard InChI is InChI=1S/C23H29N3O/c1-24-12-14-25(15-13-24)16-19-17-26(18-19)23(27)22(20-8-4-2-5-9-20)21-10-6-3-7-11-21/h2-11,19,22H,12-18H2,1H3. The summed E-state index contributed by atoms with van der Waals surface area (Å²) in [4.78, 5) is 20.3. The van der Waals surface area contributed by atoms with Gasteiger partial charge in [0, 0.05) is 51.7 Å². The van der Waals surface area contributed by atoms with Gasteiger partial charge in [0.25, 0.3) is 0 Å². The highest BCUT2D eigenvalue weighted by Gasteiger charge is 2.36. The lowest BCUT2D eigenvalue weighted by molar-refractivity contribution is -0.138. The van der Waals surface area contributed by atoms with Crippen molar-refractivity contribution in [1.82, 2.24) is 14.7 Å². The van der Waals surface area contributed by atoms with Crippen molar-refractivity contribution in [3.8, 4) is 0 Å². The number of piperazine rings is 1. The summed E-state index contributed by atoms with van der Waals surface area (Å²) in [6.45, 7) is 7.51. The van der Waals surface area contributed by atoms with Crippen LogP contribution in [0.25, 0.3) is 0 Å². The van der Waals surface area contributed by atoms with E-state index >= 15 is 0 Å². The first kappa shape index (κ1) is 18.2. The quantitative estimate of drug-likeness (QED) is 0.817. The maximum atomic E-state index is 13.3. The van der Waals surface area contributed by atoms with E-state index in [0.717, 1.165) is 56.9 Å². The van der Waals surface area contributed by atoms with Crippen LogP contribution in [0.4, 0.5) is 0 Å². The Labute approximate surface area is 162 Å². The first-order valence-corrected chi connectivity index (χ1v) is 10.0. The second kappa shape index (κ2) is 8.24. The van der Waals surface area contributed by atoms with Crippen LogP contribution in [0.5, 0.6) is 0 Å². The molecule has 4 heteroatoms. The highest BCUT2D eigenvalue weighted by Crippen LogP contribution is 2.30. The lowest BCUT2D eigenvalue weighted by Crippen LogP contribution is -2.56. The van der Waals surface area contributed by atoms with Crippen molar-refractivity contribution in [2.75, 3.05) is 52.9 Å². The summed E-state index contributed by atoms with van der Waals surface area (Å²) in [5, 5.41) is 0. The van der Waals surface area contributed by atoms with Crippen LogP contribution >= 0.6 is 0 Å². The van der Waals surface area contributed by atoms with E-state index in [0.29, 0.717) is 5.92 Å². The molecular formula is C23H29N3O. The van der Waals surface area contributed by atoms with E-state index in [1.165, 1.54) is 0 Å². The van der Waals surface area contributed by atoms with Crippen LogP contribution in [-0.4, -0.2) is 73.5 Å². The monoisotopic (exact) mass is 363 g/mol. The van der Waals surface area contributed by atoms with Crippen LogP contribution in [-0.2, 0) is 4.79 Å². The molecule has 4 nitrogen and oxygen atoms in total. The fourth-order valence-electron chi connectivity index (χ4n) is 4.21. The Bertz CT molecular complexity index is 695. The van der Waals surface area contributed by atoms with Crippen molar-refractivity contribution in [3.05, 3.63) is 71.8 Å². The van der Waals surface area contributed by atoms with Crippen molar-refractivity contribution in [2.24, 2.45) is 5.92 Å². The number of likely N-dealkylation sites (tertiary alicyclic amines) is 1. The molecule has 2 aromatic carbocycles. The van der Waals surface area contributed by atoms with Gasteiger partial charge in [0.2, 0.25) is 5.91 Å². The third kappa shape index (κ3) is 4.23. The molecule has 0 N–H and O–H groups in total. The van der Waals surface area contributed by atoms with Gasteiger partial charge in [0.05, 0.1) is 5.92 Å². The van der Waals surface area contributed by atoms with Gasteiger partial charge in [-0.15, -0.1) is 0 Å². The molecule has 4 rings (SSSR count).